The Bertz CT molecular complexity index is 694. The topological polar surface area (TPSA) is 57.5 Å². The van der Waals surface area contributed by atoms with Crippen molar-refractivity contribution in [2.75, 3.05) is 0 Å². The number of aromatic nitrogens is 1. The Morgan fingerprint density at radius 1 is 1.18 bits per heavy atom. The van der Waals surface area contributed by atoms with E-state index in [4.69, 9.17) is 9.47 Å². The number of fused-ring (bicyclic) bond motifs is 1. The molecule has 1 heterocycles. The maximum absolute atomic E-state index is 12.3. The molecule has 1 aromatic carbocycles. The van der Waals surface area contributed by atoms with Crippen LogP contribution >= 0.6 is 0 Å². The first kappa shape index (κ1) is 16.1. The normalized spacial score (nSPS) is 11.5. The lowest BCUT2D eigenvalue weighted by Crippen LogP contribution is -2.26. The molecule has 22 heavy (non-hydrogen) atoms. The van der Waals surface area contributed by atoms with Gasteiger partial charge in [-0.3, -0.25) is 4.79 Å². The number of ether oxygens (including phenoxy) is 2. The highest BCUT2D eigenvalue weighted by Crippen LogP contribution is 2.29. The van der Waals surface area contributed by atoms with Crippen LogP contribution in [0.3, 0.4) is 0 Å². The molecule has 2 aromatic rings. The predicted molar refractivity (Wildman–Crippen MR) is 84.1 cm³/mol. The monoisotopic (exact) mass is 303 g/mol. The van der Waals surface area contributed by atoms with E-state index in [-0.39, 0.29) is 5.97 Å². The first-order chi connectivity index (χ1) is 10.3. The zero-order valence-corrected chi connectivity index (χ0v) is 13.4. The van der Waals surface area contributed by atoms with Gasteiger partial charge in [-0.05, 0) is 39.3 Å². The van der Waals surface area contributed by atoms with Gasteiger partial charge in [0.15, 0.2) is 5.75 Å². The summed E-state index contributed by atoms with van der Waals surface area (Å²) < 4.78 is 12.1. The summed E-state index contributed by atoms with van der Waals surface area (Å²) in [6, 6.07) is 7.25. The summed E-state index contributed by atoms with van der Waals surface area (Å²) in [5.74, 6) is 0.0644. The van der Waals surface area contributed by atoms with Gasteiger partial charge in [0, 0.05) is 11.8 Å². The van der Waals surface area contributed by atoms with Gasteiger partial charge >= 0.3 is 12.1 Å². The van der Waals surface area contributed by atoms with Crippen LogP contribution in [0.25, 0.3) is 10.9 Å². The molecule has 5 heteroatoms. The van der Waals surface area contributed by atoms with Crippen LogP contribution in [0.2, 0.25) is 0 Å². The van der Waals surface area contributed by atoms with Crippen LogP contribution in [0.5, 0.6) is 5.75 Å². The van der Waals surface area contributed by atoms with Crippen LogP contribution in [0, 0.1) is 0 Å². The molecule has 0 amide bonds. The Labute approximate surface area is 129 Å². The van der Waals surface area contributed by atoms with Gasteiger partial charge in [0.2, 0.25) is 0 Å². The highest BCUT2D eigenvalue weighted by Gasteiger charge is 2.21. The fourth-order valence-electron chi connectivity index (χ4n) is 2.07. The Hall–Kier alpha value is -2.30. The van der Waals surface area contributed by atoms with E-state index >= 15 is 0 Å². The van der Waals surface area contributed by atoms with Crippen LogP contribution in [0.4, 0.5) is 4.79 Å². The van der Waals surface area contributed by atoms with Crippen molar-refractivity contribution in [1.29, 1.82) is 0 Å². The van der Waals surface area contributed by atoms with E-state index in [0.717, 1.165) is 0 Å². The Morgan fingerprint density at radius 2 is 1.86 bits per heavy atom. The molecule has 0 spiro atoms. The predicted octanol–water partition coefficient (Wildman–Crippen LogP) is 4.13. The van der Waals surface area contributed by atoms with Crippen molar-refractivity contribution in [2.45, 2.75) is 46.1 Å². The van der Waals surface area contributed by atoms with Crippen LogP contribution in [-0.4, -0.2) is 22.2 Å². The minimum atomic E-state index is -0.596. The van der Waals surface area contributed by atoms with Crippen LogP contribution < -0.4 is 4.74 Å². The maximum Gasteiger partial charge on any atom is 0.419 e. The van der Waals surface area contributed by atoms with Crippen molar-refractivity contribution in [1.82, 2.24) is 4.57 Å². The minimum Gasteiger partial charge on any atom is -0.443 e. The van der Waals surface area contributed by atoms with E-state index in [0.29, 0.717) is 29.5 Å². The van der Waals surface area contributed by atoms with E-state index in [1.807, 2.05) is 25.1 Å². The lowest BCUT2D eigenvalue weighted by molar-refractivity contribution is -0.134. The van der Waals surface area contributed by atoms with E-state index < -0.39 is 11.7 Å². The summed E-state index contributed by atoms with van der Waals surface area (Å²) in [5.41, 5.74) is 0.0534. The summed E-state index contributed by atoms with van der Waals surface area (Å²) in [6.07, 6.45) is 2.06. The molecule has 0 aliphatic rings. The summed E-state index contributed by atoms with van der Waals surface area (Å²) in [7, 11) is 0. The van der Waals surface area contributed by atoms with Crippen molar-refractivity contribution < 1.29 is 19.1 Å². The molecule has 0 unspecified atom stereocenters. The van der Waals surface area contributed by atoms with E-state index in [1.165, 1.54) is 10.8 Å². The molecule has 0 bridgehead atoms. The number of rotatable bonds is 3. The van der Waals surface area contributed by atoms with Crippen molar-refractivity contribution in [3.05, 3.63) is 30.5 Å². The largest absolute Gasteiger partial charge is 0.443 e. The van der Waals surface area contributed by atoms with Gasteiger partial charge in [-0.15, -0.1) is 0 Å². The molecular weight excluding hydrogens is 282 g/mol. The Morgan fingerprint density at radius 3 is 2.50 bits per heavy atom. The maximum atomic E-state index is 12.3. The van der Waals surface area contributed by atoms with Crippen molar-refractivity contribution in [3.63, 3.8) is 0 Å². The number of carbonyl (C=O) groups is 2. The number of hydrogen-bond donors (Lipinski definition) is 0. The third-order valence-corrected chi connectivity index (χ3v) is 2.94. The fourth-order valence-corrected chi connectivity index (χ4v) is 2.07. The minimum absolute atomic E-state index is 0.311. The molecule has 1 aromatic heterocycles. The van der Waals surface area contributed by atoms with Gasteiger partial charge in [-0.1, -0.05) is 19.1 Å². The summed E-state index contributed by atoms with van der Waals surface area (Å²) in [4.78, 5) is 24.0. The molecule has 0 N–H and O–H groups in total. The Kier molecular flexibility index (Phi) is 4.54. The second kappa shape index (κ2) is 6.22. The van der Waals surface area contributed by atoms with E-state index in [1.54, 1.807) is 26.8 Å². The molecule has 0 aliphatic heterocycles. The molecule has 118 valence electrons. The molecule has 0 atom stereocenters. The zero-order valence-electron chi connectivity index (χ0n) is 13.4. The van der Waals surface area contributed by atoms with Crippen molar-refractivity contribution in [3.8, 4) is 5.75 Å². The second-order valence-electron chi connectivity index (χ2n) is 6.08. The molecule has 0 saturated carbocycles. The first-order valence-corrected chi connectivity index (χ1v) is 7.36. The molecule has 0 radical (unpaired) electrons. The molecular formula is C17H21NO4. The van der Waals surface area contributed by atoms with Crippen LogP contribution in [-0.2, 0) is 9.53 Å². The highest BCUT2D eigenvalue weighted by molar-refractivity contribution is 5.95. The fraction of sp³-hybridized carbons (Fsp3) is 0.412. The SMILES string of the molecule is CCCC(=O)Oc1cn(C(=O)OC(C)(C)C)c2ccccc12. The summed E-state index contributed by atoms with van der Waals surface area (Å²) in [5, 5.41) is 0.706. The summed E-state index contributed by atoms with van der Waals surface area (Å²) >= 11 is 0. The second-order valence-corrected chi connectivity index (χ2v) is 6.08. The molecule has 0 saturated heterocycles. The summed E-state index contributed by atoms with van der Waals surface area (Å²) in [6.45, 7) is 7.32. The van der Waals surface area contributed by atoms with Gasteiger partial charge in [0.05, 0.1) is 11.7 Å². The number of benzene rings is 1. The standard InChI is InChI=1S/C17H21NO4/c1-5-8-15(19)21-14-11-18(16(20)22-17(2,3)4)13-10-7-6-9-12(13)14/h6-7,9-11H,5,8H2,1-4H3. The first-order valence-electron chi connectivity index (χ1n) is 7.36. The third kappa shape index (κ3) is 3.67. The van der Waals surface area contributed by atoms with Gasteiger partial charge in [0.1, 0.15) is 5.60 Å². The van der Waals surface area contributed by atoms with Gasteiger partial charge in [-0.2, -0.15) is 0 Å². The number of hydrogen-bond acceptors (Lipinski definition) is 4. The molecule has 2 rings (SSSR count). The molecule has 0 aliphatic carbocycles. The molecule has 0 fully saturated rings. The smallest absolute Gasteiger partial charge is 0.419 e. The van der Waals surface area contributed by atoms with Crippen molar-refractivity contribution in [2.24, 2.45) is 0 Å². The Balaban J connectivity index is 2.39. The zero-order chi connectivity index (χ0) is 16.3. The highest BCUT2D eigenvalue weighted by atomic mass is 16.6. The van der Waals surface area contributed by atoms with Crippen LogP contribution in [0.1, 0.15) is 40.5 Å². The van der Waals surface area contributed by atoms with Gasteiger partial charge in [-0.25, -0.2) is 9.36 Å². The lowest BCUT2D eigenvalue weighted by Gasteiger charge is -2.19. The quantitative estimate of drug-likeness (QED) is 0.800. The van der Waals surface area contributed by atoms with E-state index in [9.17, 15) is 9.59 Å². The van der Waals surface area contributed by atoms with Gasteiger partial charge < -0.3 is 9.47 Å². The van der Waals surface area contributed by atoms with E-state index in [2.05, 4.69) is 0 Å². The van der Waals surface area contributed by atoms with Gasteiger partial charge in [0.25, 0.3) is 0 Å². The number of carbonyl (C=O) groups excluding carboxylic acids is 2. The number of nitrogens with zero attached hydrogens (tertiary/aromatic N) is 1. The average molecular weight is 303 g/mol. The lowest BCUT2D eigenvalue weighted by atomic mass is 10.2. The van der Waals surface area contributed by atoms with Crippen LogP contribution in [0.15, 0.2) is 30.5 Å². The average Bonchev–Trinajstić information content (AvgIpc) is 2.76. The van der Waals surface area contributed by atoms with Crippen molar-refractivity contribution >= 4 is 23.0 Å². The number of esters is 1. The number of para-hydroxylation sites is 1. The third-order valence-electron chi connectivity index (χ3n) is 2.94. The molecule has 5 nitrogen and oxygen atoms in total.